The van der Waals surface area contributed by atoms with Crippen LogP contribution in [0.2, 0.25) is 5.02 Å². The molecule has 1 fully saturated rings. The molecule has 0 aromatic heterocycles. The van der Waals surface area contributed by atoms with Gasteiger partial charge in [-0.05, 0) is 24.1 Å². The zero-order valence-corrected chi connectivity index (χ0v) is 14.0. The average Bonchev–Trinajstić information content (AvgIpc) is 2.53. The highest BCUT2D eigenvalue weighted by atomic mass is 35.5. The van der Waals surface area contributed by atoms with Gasteiger partial charge in [-0.25, -0.2) is 0 Å². The number of aryl methyl sites for hydroxylation is 1. The Bertz CT molecular complexity index is 647. The van der Waals surface area contributed by atoms with Crippen LogP contribution in [0.15, 0.2) is 48.5 Å². The first-order chi connectivity index (χ1) is 11.1. The number of rotatable bonds is 6. The van der Waals surface area contributed by atoms with Crippen molar-refractivity contribution in [2.45, 2.75) is 13.0 Å². The number of nitrogens with one attached hydrogen (secondary N) is 1. The quantitative estimate of drug-likeness (QED) is 0.853. The van der Waals surface area contributed by atoms with Gasteiger partial charge in [-0.15, -0.1) is 0 Å². The van der Waals surface area contributed by atoms with Gasteiger partial charge >= 0.3 is 0 Å². The lowest BCUT2D eigenvalue weighted by Gasteiger charge is -2.41. The van der Waals surface area contributed by atoms with Crippen LogP contribution in [0.5, 0.6) is 0 Å². The second-order valence-electron chi connectivity index (χ2n) is 6.40. The van der Waals surface area contributed by atoms with Crippen molar-refractivity contribution in [3.05, 3.63) is 70.2 Å². The fourth-order valence-electron chi connectivity index (χ4n) is 2.83. The van der Waals surface area contributed by atoms with Crippen molar-refractivity contribution >= 4 is 11.6 Å². The Balaban J connectivity index is 1.87. The molecule has 0 aliphatic carbocycles. The molecule has 0 radical (unpaired) electrons. The van der Waals surface area contributed by atoms with Crippen LogP contribution in [0, 0.1) is 12.3 Å². The van der Waals surface area contributed by atoms with E-state index in [4.69, 9.17) is 16.3 Å². The molecule has 4 heteroatoms. The molecule has 2 aromatic carbocycles. The van der Waals surface area contributed by atoms with Gasteiger partial charge in [0.05, 0.1) is 31.3 Å². The normalized spacial score (nSPS) is 17.5. The van der Waals surface area contributed by atoms with E-state index in [1.54, 1.807) is 0 Å². The maximum atomic E-state index is 9.64. The highest BCUT2D eigenvalue weighted by Gasteiger charge is 2.38. The molecular formula is C19H22ClNO2. The number of aliphatic hydroxyl groups excluding tert-OH is 1. The Kier molecular flexibility index (Phi) is 5.02. The fourth-order valence-corrected chi connectivity index (χ4v) is 3.08. The summed E-state index contributed by atoms with van der Waals surface area (Å²) >= 11 is 6.42. The Labute approximate surface area is 142 Å². The molecule has 2 N–H and O–H groups in total. The van der Waals surface area contributed by atoms with Gasteiger partial charge in [-0.2, -0.15) is 0 Å². The van der Waals surface area contributed by atoms with Crippen molar-refractivity contribution < 1.29 is 9.84 Å². The van der Waals surface area contributed by atoms with Crippen LogP contribution in [0.4, 0.5) is 0 Å². The topological polar surface area (TPSA) is 41.5 Å². The summed E-state index contributed by atoms with van der Waals surface area (Å²) in [5, 5.41) is 14.0. The monoisotopic (exact) mass is 331 g/mol. The second kappa shape index (κ2) is 7.02. The standard InChI is InChI=1S/C19H22ClNO2/c1-14-6-8-15(9-7-14)18(16-4-2-3-5-17(16)20)21-10-19(11-22)12-23-13-19/h2-9,18,21-22H,10-13H2,1H3. The molecule has 1 unspecified atom stereocenters. The average molecular weight is 332 g/mol. The van der Waals surface area contributed by atoms with Crippen LogP contribution in [-0.2, 0) is 4.74 Å². The van der Waals surface area contributed by atoms with Crippen LogP contribution >= 0.6 is 11.6 Å². The molecule has 0 amide bonds. The first-order valence-corrected chi connectivity index (χ1v) is 8.24. The molecule has 3 nitrogen and oxygen atoms in total. The molecule has 1 aliphatic heterocycles. The lowest BCUT2D eigenvalue weighted by Crippen LogP contribution is -2.52. The highest BCUT2D eigenvalue weighted by Crippen LogP contribution is 2.31. The summed E-state index contributed by atoms with van der Waals surface area (Å²) in [7, 11) is 0. The first kappa shape index (κ1) is 16.5. The third kappa shape index (κ3) is 3.59. The summed E-state index contributed by atoms with van der Waals surface area (Å²) in [4.78, 5) is 0. The lowest BCUT2D eigenvalue weighted by atomic mass is 9.86. The Morgan fingerprint density at radius 2 is 1.87 bits per heavy atom. The van der Waals surface area contributed by atoms with E-state index >= 15 is 0 Å². The maximum Gasteiger partial charge on any atom is 0.0591 e. The summed E-state index contributed by atoms with van der Waals surface area (Å²) in [6, 6.07) is 16.3. The van der Waals surface area contributed by atoms with Gasteiger partial charge in [0.2, 0.25) is 0 Å². The molecule has 2 aromatic rings. The van der Waals surface area contributed by atoms with Crippen LogP contribution in [0.25, 0.3) is 0 Å². The molecular weight excluding hydrogens is 310 g/mol. The smallest absolute Gasteiger partial charge is 0.0591 e. The van der Waals surface area contributed by atoms with Gasteiger partial charge < -0.3 is 15.2 Å². The lowest BCUT2D eigenvalue weighted by molar-refractivity contribution is -0.134. The van der Waals surface area contributed by atoms with E-state index in [2.05, 4.69) is 36.5 Å². The zero-order chi connectivity index (χ0) is 16.3. The number of benzene rings is 2. The summed E-state index contributed by atoms with van der Waals surface area (Å²) in [6.45, 7) is 4.09. The van der Waals surface area contributed by atoms with Gasteiger partial charge in [0.15, 0.2) is 0 Å². The predicted molar refractivity (Wildman–Crippen MR) is 92.8 cm³/mol. The van der Waals surface area contributed by atoms with Crippen LogP contribution in [0.3, 0.4) is 0 Å². The molecule has 1 saturated heterocycles. The second-order valence-corrected chi connectivity index (χ2v) is 6.80. The van der Waals surface area contributed by atoms with Gasteiger partial charge in [0.1, 0.15) is 0 Å². The third-order valence-corrected chi connectivity index (χ3v) is 4.80. The first-order valence-electron chi connectivity index (χ1n) is 7.87. The minimum absolute atomic E-state index is 0.00618. The van der Waals surface area contributed by atoms with Crippen molar-refractivity contribution in [3.63, 3.8) is 0 Å². The predicted octanol–water partition coefficient (Wildman–Crippen LogP) is 3.34. The van der Waals surface area contributed by atoms with Gasteiger partial charge in [0, 0.05) is 11.6 Å². The number of halogens is 1. The number of hydrogen-bond donors (Lipinski definition) is 2. The van der Waals surface area contributed by atoms with E-state index in [-0.39, 0.29) is 18.1 Å². The molecule has 23 heavy (non-hydrogen) atoms. The van der Waals surface area contributed by atoms with Crippen molar-refractivity contribution in [3.8, 4) is 0 Å². The molecule has 0 bridgehead atoms. The summed E-state index contributed by atoms with van der Waals surface area (Å²) in [5.41, 5.74) is 3.26. The van der Waals surface area contributed by atoms with E-state index in [0.717, 1.165) is 16.1 Å². The number of ether oxygens (including phenoxy) is 1. The molecule has 1 atom stereocenters. The van der Waals surface area contributed by atoms with E-state index in [1.807, 2.05) is 24.3 Å². The minimum Gasteiger partial charge on any atom is -0.396 e. The van der Waals surface area contributed by atoms with Crippen LogP contribution < -0.4 is 5.32 Å². The number of aliphatic hydroxyl groups is 1. The van der Waals surface area contributed by atoms with Gasteiger partial charge in [-0.1, -0.05) is 59.6 Å². The summed E-state index contributed by atoms with van der Waals surface area (Å²) in [5.74, 6) is 0. The maximum absolute atomic E-state index is 9.64. The SMILES string of the molecule is Cc1ccc(C(NCC2(CO)COC2)c2ccccc2Cl)cc1. The van der Waals surface area contributed by atoms with Crippen molar-refractivity contribution in [1.82, 2.24) is 5.32 Å². The Morgan fingerprint density at radius 1 is 1.17 bits per heavy atom. The van der Waals surface area contributed by atoms with Crippen molar-refractivity contribution in [2.24, 2.45) is 5.41 Å². The van der Waals surface area contributed by atoms with Crippen molar-refractivity contribution in [1.29, 1.82) is 0 Å². The molecule has 3 rings (SSSR count). The molecule has 1 heterocycles. The summed E-state index contributed by atoms with van der Waals surface area (Å²) < 4.78 is 5.29. The zero-order valence-electron chi connectivity index (χ0n) is 13.3. The molecule has 0 saturated carbocycles. The van der Waals surface area contributed by atoms with E-state index in [1.165, 1.54) is 5.56 Å². The van der Waals surface area contributed by atoms with Gasteiger partial charge in [0.25, 0.3) is 0 Å². The highest BCUT2D eigenvalue weighted by molar-refractivity contribution is 6.31. The molecule has 0 spiro atoms. The van der Waals surface area contributed by atoms with Gasteiger partial charge in [-0.3, -0.25) is 0 Å². The van der Waals surface area contributed by atoms with E-state index in [9.17, 15) is 5.11 Å². The van der Waals surface area contributed by atoms with Crippen molar-refractivity contribution in [2.75, 3.05) is 26.4 Å². The largest absolute Gasteiger partial charge is 0.396 e. The Hall–Kier alpha value is -1.39. The Morgan fingerprint density at radius 3 is 2.43 bits per heavy atom. The summed E-state index contributed by atoms with van der Waals surface area (Å²) in [6.07, 6.45) is 0. The minimum atomic E-state index is -0.176. The molecule has 122 valence electrons. The van der Waals surface area contributed by atoms with E-state index < -0.39 is 0 Å². The molecule has 1 aliphatic rings. The van der Waals surface area contributed by atoms with Crippen LogP contribution in [-0.4, -0.2) is 31.5 Å². The van der Waals surface area contributed by atoms with E-state index in [0.29, 0.717) is 19.8 Å². The third-order valence-electron chi connectivity index (χ3n) is 4.46. The number of hydrogen-bond acceptors (Lipinski definition) is 3. The van der Waals surface area contributed by atoms with Crippen LogP contribution in [0.1, 0.15) is 22.7 Å². The fraction of sp³-hybridized carbons (Fsp3) is 0.368.